The molecule has 4 aromatic rings. The summed E-state index contributed by atoms with van der Waals surface area (Å²) in [5.41, 5.74) is 4.16. The van der Waals surface area contributed by atoms with Crippen LogP contribution in [0.1, 0.15) is 11.3 Å². The number of rotatable bonds is 5. The Morgan fingerprint density at radius 1 is 1.03 bits per heavy atom. The first kappa shape index (κ1) is 20.7. The highest BCUT2D eigenvalue weighted by atomic mass is 79.9. The lowest BCUT2D eigenvalue weighted by Gasteiger charge is -2.07. The van der Waals surface area contributed by atoms with Crippen LogP contribution in [0.5, 0.6) is 0 Å². The van der Waals surface area contributed by atoms with Gasteiger partial charge in [-0.2, -0.15) is 5.10 Å². The molecule has 4 nitrogen and oxygen atoms in total. The fourth-order valence-electron chi connectivity index (χ4n) is 3.11. The highest BCUT2D eigenvalue weighted by Crippen LogP contribution is 2.31. The summed E-state index contributed by atoms with van der Waals surface area (Å²) in [6.45, 7) is 0. The van der Waals surface area contributed by atoms with Gasteiger partial charge in [0.15, 0.2) is 0 Å². The van der Waals surface area contributed by atoms with Crippen molar-refractivity contribution in [3.05, 3.63) is 92.6 Å². The molecule has 0 aliphatic rings. The Kier molecular flexibility index (Phi) is 6.23. The molecule has 0 saturated carbocycles. The zero-order valence-electron chi connectivity index (χ0n) is 15.5. The molecule has 0 saturated heterocycles. The molecule has 1 N–H and O–H groups in total. The van der Waals surface area contributed by atoms with Gasteiger partial charge in [-0.1, -0.05) is 69.5 Å². The van der Waals surface area contributed by atoms with Crippen LogP contribution in [0, 0.1) is 0 Å². The minimum Gasteiger partial charge on any atom is -0.455 e. The Balaban J connectivity index is 1.43. The molecule has 1 aromatic heterocycles. The average Bonchev–Trinajstić information content (AvgIpc) is 3.21. The van der Waals surface area contributed by atoms with E-state index >= 15 is 0 Å². The number of benzene rings is 3. The van der Waals surface area contributed by atoms with Crippen molar-refractivity contribution >= 4 is 62.0 Å². The number of hydrogen-bond acceptors (Lipinski definition) is 3. The first-order valence-corrected chi connectivity index (χ1v) is 10.6. The van der Waals surface area contributed by atoms with Gasteiger partial charge in [0.05, 0.1) is 17.7 Å². The van der Waals surface area contributed by atoms with Gasteiger partial charge in [0, 0.05) is 15.1 Å². The molecule has 0 fully saturated rings. The highest BCUT2D eigenvalue weighted by Gasteiger charge is 2.10. The molecule has 0 radical (unpaired) electrons. The summed E-state index contributed by atoms with van der Waals surface area (Å²) in [6, 6.07) is 20.5. The molecule has 1 heterocycles. The Bertz CT molecular complexity index is 1270. The van der Waals surface area contributed by atoms with E-state index in [0.717, 1.165) is 20.8 Å². The molecule has 0 bridgehead atoms. The number of furan rings is 1. The van der Waals surface area contributed by atoms with Crippen molar-refractivity contribution in [2.75, 3.05) is 0 Å². The van der Waals surface area contributed by atoms with E-state index in [1.165, 1.54) is 6.21 Å². The topological polar surface area (TPSA) is 54.6 Å². The third-order valence-corrected chi connectivity index (χ3v) is 5.77. The van der Waals surface area contributed by atoms with Crippen molar-refractivity contribution in [2.45, 2.75) is 6.42 Å². The summed E-state index contributed by atoms with van der Waals surface area (Å²) in [7, 11) is 0. The van der Waals surface area contributed by atoms with Crippen LogP contribution in [0.3, 0.4) is 0 Å². The molecule has 0 spiro atoms. The standard InChI is InChI=1S/C23H15BrCl2N2O2/c24-20-8-5-14(17-3-1-2-4-18(17)20)11-23(29)28-27-13-16-7-10-22(30-16)19-12-15(25)6-9-21(19)26/h1-10,12-13H,11H2,(H,28,29)/b27-13+. The van der Waals surface area contributed by atoms with Gasteiger partial charge in [-0.05, 0) is 52.7 Å². The molecule has 0 aliphatic carbocycles. The normalized spacial score (nSPS) is 11.3. The maximum Gasteiger partial charge on any atom is 0.244 e. The van der Waals surface area contributed by atoms with Crippen molar-refractivity contribution < 1.29 is 9.21 Å². The minimum absolute atomic E-state index is 0.215. The van der Waals surface area contributed by atoms with Gasteiger partial charge in [0.2, 0.25) is 5.91 Å². The Hall–Kier alpha value is -2.60. The van der Waals surface area contributed by atoms with Gasteiger partial charge >= 0.3 is 0 Å². The predicted octanol–water partition coefficient (Wildman–Crippen LogP) is 6.86. The van der Waals surface area contributed by atoms with E-state index in [4.69, 9.17) is 27.6 Å². The number of hydrazone groups is 1. The van der Waals surface area contributed by atoms with Crippen molar-refractivity contribution in [2.24, 2.45) is 5.10 Å². The second kappa shape index (κ2) is 9.04. The lowest BCUT2D eigenvalue weighted by molar-refractivity contribution is -0.120. The van der Waals surface area contributed by atoms with E-state index in [2.05, 4.69) is 26.5 Å². The van der Waals surface area contributed by atoms with Crippen LogP contribution >= 0.6 is 39.1 Å². The van der Waals surface area contributed by atoms with Crippen molar-refractivity contribution in [1.29, 1.82) is 0 Å². The maximum absolute atomic E-state index is 12.3. The van der Waals surface area contributed by atoms with E-state index in [0.29, 0.717) is 27.1 Å². The molecule has 4 rings (SSSR count). The first-order valence-electron chi connectivity index (χ1n) is 9.04. The van der Waals surface area contributed by atoms with Crippen LogP contribution in [0.4, 0.5) is 0 Å². The number of carbonyl (C=O) groups is 1. The number of amides is 1. The van der Waals surface area contributed by atoms with E-state index in [1.54, 1.807) is 30.3 Å². The molecular formula is C23H15BrCl2N2O2. The van der Waals surface area contributed by atoms with E-state index in [1.807, 2.05) is 36.4 Å². The lowest BCUT2D eigenvalue weighted by atomic mass is 10.0. The number of nitrogens with zero attached hydrogens (tertiary/aromatic N) is 1. The summed E-state index contributed by atoms with van der Waals surface area (Å²) < 4.78 is 6.72. The molecule has 1 amide bonds. The van der Waals surface area contributed by atoms with Crippen molar-refractivity contribution in [3.63, 3.8) is 0 Å². The molecule has 7 heteroatoms. The Labute approximate surface area is 191 Å². The summed E-state index contributed by atoms with van der Waals surface area (Å²) >= 11 is 15.8. The van der Waals surface area contributed by atoms with Gasteiger partial charge in [0.25, 0.3) is 0 Å². The Morgan fingerprint density at radius 3 is 2.67 bits per heavy atom. The summed E-state index contributed by atoms with van der Waals surface area (Å²) in [6.07, 6.45) is 1.66. The van der Waals surface area contributed by atoms with Crippen LogP contribution in [-0.2, 0) is 11.2 Å². The molecule has 30 heavy (non-hydrogen) atoms. The third-order valence-electron chi connectivity index (χ3n) is 4.51. The quantitative estimate of drug-likeness (QED) is 0.240. The van der Waals surface area contributed by atoms with Crippen LogP contribution < -0.4 is 5.43 Å². The second-order valence-electron chi connectivity index (χ2n) is 6.55. The largest absolute Gasteiger partial charge is 0.455 e. The fraction of sp³-hybridized carbons (Fsp3) is 0.0435. The second-order valence-corrected chi connectivity index (χ2v) is 8.25. The fourth-order valence-corrected chi connectivity index (χ4v) is 3.97. The number of fused-ring (bicyclic) bond motifs is 1. The van der Waals surface area contributed by atoms with Crippen LogP contribution in [0.25, 0.3) is 22.1 Å². The monoisotopic (exact) mass is 500 g/mol. The van der Waals surface area contributed by atoms with Gasteiger partial charge in [0.1, 0.15) is 11.5 Å². The van der Waals surface area contributed by atoms with E-state index in [9.17, 15) is 4.79 Å². The first-order chi connectivity index (χ1) is 14.5. The molecular weight excluding hydrogens is 487 g/mol. The minimum atomic E-state index is -0.219. The molecule has 3 aromatic carbocycles. The summed E-state index contributed by atoms with van der Waals surface area (Å²) in [4.78, 5) is 12.3. The van der Waals surface area contributed by atoms with Crippen molar-refractivity contribution in [3.8, 4) is 11.3 Å². The predicted molar refractivity (Wildman–Crippen MR) is 125 cm³/mol. The number of nitrogens with one attached hydrogen (secondary N) is 1. The van der Waals surface area contributed by atoms with Crippen molar-refractivity contribution in [1.82, 2.24) is 5.43 Å². The van der Waals surface area contributed by atoms with Gasteiger partial charge in [-0.25, -0.2) is 5.43 Å². The van der Waals surface area contributed by atoms with E-state index < -0.39 is 0 Å². The summed E-state index contributed by atoms with van der Waals surface area (Å²) in [5.74, 6) is 0.829. The maximum atomic E-state index is 12.3. The van der Waals surface area contributed by atoms with Gasteiger partial charge in [-0.15, -0.1) is 0 Å². The zero-order chi connectivity index (χ0) is 21.1. The molecule has 150 valence electrons. The van der Waals surface area contributed by atoms with Gasteiger partial charge < -0.3 is 4.42 Å². The van der Waals surface area contributed by atoms with E-state index in [-0.39, 0.29) is 12.3 Å². The van der Waals surface area contributed by atoms with Crippen LogP contribution in [0.2, 0.25) is 10.0 Å². The smallest absolute Gasteiger partial charge is 0.244 e. The lowest BCUT2D eigenvalue weighted by Crippen LogP contribution is -2.19. The SMILES string of the molecule is O=C(Cc1ccc(Br)c2ccccc12)N/N=C/c1ccc(-c2cc(Cl)ccc2Cl)o1. The Morgan fingerprint density at radius 2 is 1.83 bits per heavy atom. The molecule has 0 unspecified atom stereocenters. The number of halogens is 3. The average molecular weight is 502 g/mol. The zero-order valence-corrected chi connectivity index (χ0v) is 18.6. The summed E-state index contributed by atoms with van der Waals surface area (Å²) in [5, 5.41) is 7.19. The third kappa shape index (κ3) is 4.59. The number of carbonyl (C=O) groups excluding carboxylic acids is 1. The molecule has 0 aliphatic heterocycles. The molecule has 0 atom stereocenters. The number of hydrogen-bond donors (Lipinski definition) is 1. The van der Waals surface area contributed by atoms with Crippen LogP contribution in [-0.4, -0.2) is 12.1 Å². The van der Waals surface area contributed by atoms with Crippen LogP contribution in [0.15, 0.2) is 80.7 Å². The highest BCUT2D eigenvalue weighted by molar-refractivity contribution is 9.10. The van der Waals surface area contributed by atoms with Gasteiger partial charge in [-0.3, -0.25) is 4.79 Å².